The SMILES string of the molecule is COc1cc(/C=C/C(=O)O[C@@H]2[C@@H](O)[C@H](CO)O[C@]2(CO)O[C@H]2O[C@@H](CO)[C@H](O)[C@@H](O)[C@@H]2O)cc(OC)c1O. The van der Waals surface area contributed by atoms with Gasteiger partial charge in [-0.05, 0) is 23.8 Å². The van der Waals surface area contributed by atoms with Crippen molar-refractivity contribution >= 4 is 12.0 Å². The second-order valence-corrected chi connectivity index (χ2v) is 8.58. The van der Waals surface area contributed by atoms with Gasteiger partial charge in [-0.1, -0.05) is 0 Å². The number of aromatic hydroxyl groups is 1. The van der Waals surface area contributed by atoms with Gasteiger partial charge in [0.15, 0.2) is 23.9 Å². The third-order valence-corrected chi connectivity index (χ3v) is 6.20. The van der Waals surface area contributed by atoms with Crippen LogP contribution in [0.1, 0.15) is 5.56 Å². The van der Waals surface area contributed by atoms with E-state index in [-0.39, 0.29) is 17.2 Å². The Labute approximate surface area is 216 Å². The Morgan fingerprint density at radius 2 is 1.55 bits per heavy atom. The van der Waals surface area contributed by atoms with E-state index < -0.39 is 80.6 Å². The molecule has 0 aromatic heterocycles. The van der Waals surface area contributed by atoms with E-state index in [0.717, 1.165) is 6.08 Å². The zero-order chi connectivity index (χ0) is 28.2. The molecule has 2 heterocycles. The summed E-state index contributed by atoms with van der Waals surface area (Å²) in [6.07, 6.45) is -11.3. The summed E-state index contributed by atoms with van der Waals surface area (Å²) >= 11 is 0. The van der Waals surface area contributed by atoms with Crippen LogP contribution in [-0.4, -0.2) is 136 Å². The number of aliphatic hydroxyl groups is 7. The summed E-state index contributed by atoms with van der Waals surface area (Å²) in [5, 5.41) is 80.1. The van der Waals surface area contributed by atoms with E-state index in [2.05, 4.69) is 0 Å². The van der Waals surface area contributed by atoms with Gasteiger partial charge in [-0.25, -0.2) is 4.79 Å². The Kier molecular flexibility index (Phi) is 9.88. The Morgan fingerprint density at radius 3 is 2.08 bits per heavy atom. The summed E-state index contributed by atoms with van der Waals surface area (Å²) in [5.41, 5.74) is 0.357. The summed E-state index contributed by atoms with van der Waals surface area (Å²) < 4.78 is 31.7. The molecule has 1 aromatic rings. The van der Waals surface area contributed by atoms with Crippen molar-refractivity contribution in [1.82, 2.24) is 0 Å². The highest BCUT2D eigenvalue weighted by molar-refractivity contribution is 5.87. The number of methoxy groups -OCH3 is 2. The summed E-state index contributed by atoms with van der Waals surface area (Å²) in [5.74, 6) is -3.58. The molecule has 3 rings (SSSR count). The lowest BCUT2D eigenvalue weighted by Gasteiger charge is -2.43. The van der Waals surface area contributed by atoms with Gasteiger partial charge < -0.3 is 69.3 Å². The average molecular weight is 548 g/mol. The Balaban J connectivity index is 1.84. The number of rotatable bonds is 10. The van der Waals surface area contributed by atoms with E-state index in [1.165, 1.54) is 32.4 Å². The Bertz CT molecular complexity index is 959. The predicted molar refractivity (Wildman–Crippen MR) is 123 cm³/mol. The largest absolute Gasteiger partial charge is 0.502 e. The first kappa shape index (κ1) is 30.0. The highest BCUT2D eigenvalue weighted by atomic mass is 16.8. The lowest BCUT2D eigenvalue weighted by atomic mass is 9.99. The van der Waals surface area contributed by atoms with Crippen molar-refractivity contribution in [2.24, 2.45) is 0 Å². The molecule has 8 N–H and O–H groups in total. The van der Waals surface area contributed by atoms with E-state index in [9.17, 15) is 45.6 Å². The van der Waals surface area contributed by atoms with Gasteiger partial charge in [-0.15, -0.1) is 0 Å². The first-order chi connectivity index (χ1) is 18.0. The van der Waals surface area contributed by atoms with Crippen LogP contribution in [0.15, 0.2) is 18.2 Å². The first-order valence-corrected chi connectivity index (χ1v) is 11.4. The van der Waals surface area contributed by atoms with Crippen molar-refractivity contribution in [3.8, 4) is 17.2 Å². The van der Waals surface area contributed by atoms with Crippen LogP contribution < -0.4 is 9.47 Å². The van der Waals surface area contributed by atoms with Gasteiger partial charge in [-0.2, -0.15) is 0 Å². The number of aliphatic hydroxyl groups excluding tert-OH is 7. The third-order valence-electron chi connectivity index (χ3n) is 6.20. The molecule has 0 unspecified atom stereocenters. The maximum Gasteiger partial charge on any atom is 0.331 e. The second kappa shape index (κ2) is 12.5. The molecule has 0 radical (unpaired) electrons. The molecule has 9 atom stereocenters. The number of hydrogen-bond acceptors (Lipinski definition) is 15. The zero-order valence-corrected chi connectivity index (χ0v) is 20.5. The molecular formula is C23H32O15. The molecule has 2 saturated heterocycles. The van der Waals surface area contributed by atoms with Gasteiger partial charge in [0, 0.05) is 6.08 Å². The quantitative estimate of drug-likeness (QED) is 0.105. The van der Waals surface area contributed by atoms with E-state index >= 15 is 0 Å². The number of hydrogen-bond donors (Lipinski definition) is 8. The molecule has 2 fully saturated rings. The molecule has 15 heteroatoms. The van der Waals surface area contributed by atoms with Crippen molar-refractivity contribution in [2.45, 2.75) is 54.8 Å². The number of ether oxygens (including phenoxy) is 6. The molecule has 2 aliphatic heterocycles. The van der Waals surface area contributed by atoms with Crippen molar-refractivity contribution in [3.05, 3.63) is 23.8 Å². The predicted octanol–water partition coefficient (Wildman–Crippen LogP) is -3.41. The number of benzene rings is 1. The summed E-state index contributed by atoms with van der Waals surface area (Å²) in [6.45, 7) is -2.63. The molecule has 1 aromatic carbocycles. The van der Waals surface area contributed by atoms with Gasteiger partial charge >= 0.3 is 5.97 Å². The summed E-state index contributed by atoms with van der Waals surface area (Å²) in [4.78, 5) is 12.7. The molecule has 0 spiro atoms. The molecule has 0 aliphatic carbocycles. The van der Waals surface area contributed by atoms with Crippen LogP contribution in [-0.2, 0) is 23.7 Å². The van der Waals surface area contributed by atoms with Crippen molar-refractivity contribution in [2.75, 3.05) is 34.0 Å². The molecule has 2 aliphatic rings. The van der Waals surface area contributed by atoms with E-state index in [4.69, 9.17) is 28.4 Å². The molecular weight excluding hydrogens is 516 g/mol. The highest BCUT2D eigenvalue weighted by Gasteiger charge is 2.60. The lowest BCUT2D eigenvalue weighted by Crippen LogP contribution is -2.63. The number of phenols is 1. The zero-order valence-electron chi connectivity index (χ0n) is 20.5. The Morgan fingerprint density at radius 1 is 0.947 bits per heavy atom. The van der Waals surface area contributed by atoms with Crippen LogP contribution >= 0.6 is 0 Å². The van der Waals surface area contributed by atoms with Gasteiger partial charge in [-0.3, -0.25) is 0 Å². The molecule has 15 nitrogen and oxygen atoms in total. The van der Waals surface area contributed by atoms with Crippen LogP contribution in [0.3, 0.4) is 0 Å². The summed E-state index contributed by atoms with van der Waals surface area (Å²) in [6, 6.07) is 2.80. The standard InChI is InChI=1S/C23H32O15/c1-33-11-5-10(6-12(34-2)16(11)28)3-4-15(27)36-21-18(30)14(8-25)37-23(21,9-26)38-22-20(32)19(31)17(29)13(7-24)35-22/h3-6,13-14,17-22,24-26,28-32H,7-9H2,1-2H3/b4-3+/t13-,14-,17-,18-,19+,20-,21+,22+,23+/m0/s1. The van der Waals surface area contributed by atoms with Crippen LogP contribution in [0, 0.1) is 0 Å². The number of phenolic OH excluding ortho intramolecular Hbond substituents is 1. The van der Waals surface area contributed by atoms with Crippen molar-refractivity contribution in [1.29, 1.82) is 0 Å². The molecule has 0 saturated carbocycles. The summed E-state index contributed by atoms with van der Waals surface area (Å²) in [7, 11) is 2.64. The second-order valence-electron chi connectivity index (χ2n) is 8.58. The molecule has 214 valence electrons. The van der Waals surface area contributed by atoms with Gasteiger partial charge in [0.05, 0.1) is 27.4 Å². The minimum atomic E-state index is -2.39. The highest BCUT2D eigenvalue weighted by Crippen LogP contribution is 2.39. The van der Waals surface area contributed by atoms with Crippen LogP contribution in [0.25, 0.3) is 6.08 Å². The number of carbonyl (C=O) groups is 1. The average Bonchev–Trinajstić information content (AvgIpc) is 3.18. The Hall–Kier alpha value is -2.57. The monoisotopic (exact) mass is 548 g/mol. The van der Waals surface area contributed by atoms with E-state index in [1.807, 2.05) is 0 Å². The lowest BCUT2D eigenvalue weighted by molar-refractivity contribution is -0.383. The molecule has 38 heavy (non-hydrogen) atoms. The molecule has 0 bridgehead atoms. The van der Waals surface area contributed by atoms with Gasteiger partial charge in [0.2, 0.25) is 11.5 Å². The normalized spacial score (nSPS) is 35.4. The fourth-order valence-corrected chi connectivity index (χ4v) is 4.11. The fraction of sp³-hybridized carbons (Fsp3) is 0.609. The minimum Gasteiger partial charge on any atom is -0.502 e. The third kappa shape index (κ3) is 5.86. The van der Waals surface area contributed by atoms with Gasteiger partial charge in [0.1, 0.15) is 43.2 Å². The minimum absolute atomic E-state index is 0.0648. The smallest absolute Gasteiger partial charge is 0.331 e. The number of esters is 1. The maximum absolute atomic E-state index is 12.7. The van der Waals surface area contributed by atoms with Crippen LogP contribution in [0.4, 0.5) is 0 Å². The maximum atomic E-state index is 12.7. The fourth-order valence-electron chi connectivity index (χ4n) is 4.11. The van der Waals surface area contributed by atoms with E-state index in [1.54, 1.807) is 0 Å². The number of carbonyl (C=O) groups excluding carboxylic acids is 1. The molecule has 0 amide bonds. The van der Waals surface area contributed by atoms with Crippen molar-refractivity contribution in [3.63, 3.8) is 0 Å². The van der Waals surface area contributed by atoms with Crippen LogP contribution in [0.2, 0.25) is 0 Å². The van der Waals surface area contributed by atoms with Crippen molar-refractivity contribution < 1.29 is 74.1 Å². The van der Waals surface area contributed by atoms with Gasteiger partial charge in [0.25, 0.3) is 0 Å². The topological polar surface area (TPSA) is 234 Å². The van der Waals surface area contributed by atoms with Crippen LogP contribution in [0.5, 0.6) is 17.2 Å². The first-order valence-electron chi connectivity index (χ1n) is 11.4. The van der Waals surface area contributed by atoms with E-state index in [0.29, 0.717) is 5.56 Å².